The first-order valence-electron chi connectivity index (χ1n) is 5.77. The molecule has 0 radical (unpaired) electrons. The molecule has 1 heterocycles. The number of aromatic nitrogens is 1. The molecular weight excluding hydrogens is 202 g/mol. The smallest absolute Gasteiger partial charge is 0.109 e. The van der Waals surface area contributed by atoms with Crippen molar-refractivity contribution in [3.63, 3.8) is 0 Å². The normalized spacial score (nSPS) is 16.8. The summed E-state index contributed by atoms with van der Waals surface area (Å²) in [5.74, 6) is 0. The van der Waals surface area contributed by atoms with Gasteiger partial charge in [-0.3, -0.25) is 4.98 Å². The van der Waals surface area contributed by atoms with Gasteiger partial charge in [-0.25, -0.2) is 0 Å². The highest BCUT2D eigenvalue weighted by molar-refractivity contribution is 5.25. The first kappa shape index (κ1) is 13.1. The molecule has 2 atom stereocenters. The number of rotatable bonds is 5. The van der Waals surface area contributed by atoms with Gasteiger partial charge in [-0.1, -0.05) is 6.92 Å². The first-order valence-corrected chi connectivity index (χ1v) is 5.77. The second-order valence-electron chi connectivity index (χ2n) is 4.23. The van der Waals surface area contributed by atoms with E-state index in [9.17, 15) is 5.11 Å². The molecule has 0 aromatic carbocycles. The van der Waals surface area contributed by atoms with Crippen LogP contribution in [0.1, 0.15) is 44.4 Å². The van der Waals surface area contributed by atoms with E-state index in [2.05, 4.69) is 4.98 Å². The largest absolute Gasteiger partial charge is 0.385 e. The van der Waals surface area contributed by atoms with Crippen LogP contribution in [0.3, 0.4) is 0 Å². The number of aliphatic hydroxyl groups is 1. The van der Waals surface area contributed by atoms with Gasteiger partial charge in [0.05, 0.1) is 5.60 Å². The van der Waals surface area contributed by atoms with Gasteiger partial charge >= 0.3 is 0 Å². The second kappa shape index (κ2) is 5.41. The topological polar surface area (TPSA) is 42.4 Å². The van der Waals surface area contributed by atoms with E-state index in [1.807, 2.05) is 33.8 Å². The molecular formula is C13H21NO2. The third-order valence-corrected chi connectivity index (χ3v) is 3.13. The van der Waals surface area contributed by atoms with E-state index < -0.39 is 11.7 Å². The van der Waals surface area contributed by atoms with Crippen molar-refractivity contribution in [1.82, 2.24) is 4.98 Å². The molecule has 0 saturated heterocycles. The van der Waals surface area contributed by atoms with Gasteiger partial charge in [0.2, 0.25) is 0 Å². The van der Waals surface area contributed by atoms with Crippen LogP contribution in [0.15, 0.2) is 18.5 Å². The van der Waals surface area contributed by atoms with Crippen molar-refractivity contribution in [3.05, 3.63) is 29.6 Å². The summed E-state index contributed by atoms with van der Waals surface area (Å²) in [6, 6.07) is 1.90. The van der Waals surface area contributed by atoms with Gasteiger partial charge in [0.25, 0.3) is 0 Å². The SMILES string of the molecule is CCOC(C)(CC)C(O)c1cnccc1C. The Labute approximate surface area is 97.5 Å². The third-order valence-electron chi connectivity index (χ3n) is 3.13. The molecule has 0 fully saturated rings. The van der Waals surface area contributed by atoms with E-state index >= 15 is 0 Å². The molecule has 0 saturated carbocycles. The zero-order chi connectivity index (χ0) is 12.2. The molecule has 2 unspecified atom stereocenters. The predicted molar refractivity (Wildman–Crippen MR) is 64.3 cm³/mol. The molecule has 0 bridgehead atoms. The quantitative estimate of drug-likeness (QED) is 0.834. The molecule has 0 aliphatic rings. The number of aryl methyl sites for hydroxylation is 1. The third kappa shape index (κ3) is 2.60. The van der Waals surface area contributed by atoms with Crippen molar-refractivity contribution in [2.24, 2.45) is 0 Å². The minimum absolute atomic E-state index is 0.539. The molecule has 3 nitrogen and oxygen atoms in total. The second-order valence-corrected chi connectivity index (χ2v) is 4.23. The lowest BCUT2D eigenvalue weighted by molar-refractivity contribution is -0.113. The fraction of sp³-hybridized carbons (Fsp3) is 0.615. The Bertz CT molecular complexity index is 340. The lowest BCUT2D eigenvalue weighted by Crippen LogP contribution is -2.36. The molecule has 90 valence electrons. The lowest BCUT2D eigenvalue weighted by Gasteiger charge is -2.34. The monoisotopic (exact) mass is 223 g/mol. The summed E-state index contributed by atoms with van der Waals surface area (Å²) in [6.07, 6.45) is 3.57. The van der Waals surface area contributed by atoms with Crippen molar-refractivity contribution < 1.29 is 9.84 Å². The summed E-state index contributed by atoms with van der Waals surface area (Å²) < 4.78 is 5.67. The maximum Gasteiger partial charge on any atom is 0.109 e. The van der Waals surface area contributed by atoms with Crippen LogP contribution in [0.5, 0.6) is 0 Å². The number of aliphatic hydroxyl groups excluding tert-OH is 1. The Morgan fingerprint density at radius 1 is 1.50 bits per heavy atom. The Balaban J connectivity index is 2.99. The van der Waals surface area contributed by atoms with E-state index in [0.717, 1.165) is 17.5 Å². The van der Waals surface area contributed by atoms with Gasteiger partial charge in [-0.15, -0.1) is 0 Å². The van der Waals surface area contributed by atoms with Crippen molar-refractivity contribution in [2.45, 2.75) is 45.8 Å². The van der Waals surface area contributed by atoms with E-state index in [-0.39, 0.29) is 0 Å². The molecule has 0 aliphatic carbocycles. The molecule has 0 spiro atoms. The molecule has 1 aromatic heterocycles. The number of hydrogen-bond acceptors (Lipinski definition) is 3. The maximum absolute atomic E-state index is 10.4. The molecule has 16 heavy (non-hydrogen) atoms. The standard InChI is InChI=1S/C13H21NO2/c1-5-13(4,16-6-2)12(15)11-9-14-8-7-10(11)3/h7-9,12,15H,5-6H2,1-4H3. The molecule has 0 amide bonds. The summed E-state index contributed by atoms with van der Waals surface area (Å²) >= 11 is 0. The van der Waals surface area contributed by atoms with Gasteiger partial charge in [0.1, 0.15) is 6.10 Å². The van der Waals surface area contributed by atoms with Crippen molar-refractivity contribution in [1.29, 1.82) is 0 Å². The van der Waals surface area contributed by atoms with Crippen LogP contribution >= 0.6 is 0 Å². The lowest BCUT2D eigenvalue weighted by atomic mass is 9.89. The van der Waals surface area contributed by atoms with E-state index in [4.69, 9.17) is 4.74 Å². The Morgan fingerprint density at radius 2 is 2.19 bits per heavy atom. The molecule has 1 aromatic rings. The van der Waals surface area contributed by atoms with Gasteiger partial charge < -0.3 is 9.84 Å². The van der Waals surface area contributed by atoms with Crippen LogP contribution in [0.4, 0.5) is 0 Å². The van der Waals surface area contributed by atoms with E-state index in [1.54, 1.807) is 12.4 Å². The fourth-order valence-corrected chi connectivity index (χ4v) is 1.80. The molecule has 3 heteroatoms. The Morgan fingerprint density at radius 3 is 2.69 bits per heavy atom. The maximum atomic E-state index is 10.4. The Hall–Kier alpha value is -0.930. The van der Waals surface area contributed by atoms with Crippen LogP contribution in [-0.4, -0.2) is 22.3 Å². The van der Waals surface area contributed by atoms with Gasteiger partial charge in [-0.2, -0.15) is 0 Å². The number of nitrogens with zero attached hydrogens (tertiary/aromatic N) is 1. The predicted octanol–water partition coefficient (Wildman–Crippen LogP) is 2.63. The average Bonchev–Trinajstić information content (AvgIpc) is 2.29. The summed E-state index contributed by atoms with van der Waals surface area (Å²) in [5, 5.41) is 10.4. The van der Waals surface area contributed by atoms with Crippen molar-refractivity contribution in [2.75, 3.05) is 6.61 Å². The van der Waals surface area contributed by atoms with Crippen LogP contribution in [-0.2, 0) is 4.74 Å². The first-order chi connectivity index (χ1) is 7.55. The Kier molecular flexibility index (Phi) is 4.44. The average molecular weight is 223 g/mol. The fourth-order valence-electron chi connectivity index (χ4n) is 1.80. The van der Waals surface area contributed by atoms with Gasteiger partial charge in [0, 0.05) is 24.6 Å². The van der Waals surface area contributed by atoms with Crippen LogP contribution in [0.25, 0.3) is 0 Å². The van der Waals surface area contributed by atoms with Crippen LogP contribution < -0.4 is 0 Å². The highest BCUT2D eigenvalue weighted by Gasteiger charge is 2.33. The van der Waals surface area contributed by atoms with Gasteiger partial charge in [-0.05, 0) is 38.8 Å². The zero-order valence-corrected chi connectivity index (χ0v) is 10.5. The van der Waals surface area contributed by atoms with E-state index in [0.29, 0.717) is 6.61 Å². The highest BCUT2D eigenvalue weighted by Crippen LogP contribution is 2.33. The van der Waals surface area contributed by atoms with E-state index in [1.165, 1.54) is 0 Å². The van der Waals surface area contributed by atoms with Crippen LogP contribution in [0, 0.1) is 6.92 Å². The number of ether oxygens (including phenoxy) is 1. The zero-order valence-electron chi connectivity index (χ0n) is 10.5. The molecule has 0 aliphatic heterocycles. The summed E-state index contributed by atoms with van der Waals surface area (Å²) in [5.41, 5.74) is 1.35. The summed E-state index contributed by atoms with van der Waals surface area (Å²) in [7, 11) is 0. The van der Waals surface area contributed by atoms with Crippen molar-refractivity contribution >= 4 is 0 Å². The number of pyridine rings is 1. The van der Waals surface area contributed by atoms with Crippen LogP contribution in [0.2, 0.25) is 0 Å². The number of hydrogen-bond donors (Lipinski definition) is 1. The molecule has 1 N–H and O–H groups in total. The van der Waals surface area contributed by atoms with Crippen molar-refractivity contribution in [3.8, 4) is 0 Å². The summed E-state index contributed by atoms with van der Waals surface area (Å²) in [6.45, 7) is 8.47. The summed E-state index contributed by atoms with van der Waals surface area (Å²) in [4.78, 5) is 4.06. The molecule has 1 rings (SSSR count). The van der Waals surface area contributed by atoms with Gasteiger partial charge in [0.15, 0.2) is 0 Å². The minimum Gasteiger partial charge on any atom is -0.385 e. The highest BCUT2D eigenvalue weighted by atomic mass is 16.5. The minimum atomic E-state index is -0.633.